The lowest BCUT2D eigenvalue weighted by atomic mass is 9.95. The van der Waals surface area contributed by atoms with Crippen LogP contribution in [0, 0.1) is 0 Å². The van der Waals surface area contributed by atoms with Crippen molar-refractivity contribution in [2.24, 2.45) is 0 Å². The summed E-state index contributed by atoms with van der Waals surface area (Å²) in [5.41, 5.74) is 1.08. The van der Waals surface area contributed by atoms with E-state index in [1.54, 1.807) is 18.2 Å². The Morgan fingerprint density at radius 1 is 1.12 bits per heavy atom. The molecule has 0 aromatic heterocycles. The zero-order valence-electron chi connectivity index (χ0n) is 17.4. The molecule has 2 aromatic carbocycles. The summed E-state index contributed by atoms with van der Waals surface area (Å²) in [6.07, 6.45) is 2.82. The summed E-state index contributed by atoms with van der Waals surface area (Å²) in [5.74, 6) is -3.00. The van der Waals surface area contributed by atoms with Crippen molar-refractivity contribution in [3.8, 4) is 11.5 Å². The number of carboxylic acids is 1. The topological polar surface area (TPSA) is 124 Å². The first-order chi connectivity index (χ1) is 15.3. The van der Waals surface area contributed by atoms with Gasteiger partial charge in [-0.2, -0.15) is 0 Å². The normalized spacial score (nSPS) is 16.1. The number of methoxy groups -OCH3 is 1. The van der Waals surface area contributed by atoms with E-state index in [1.807, 2.05) is 18.2 Å². The molecule has 1 amide bonds. The summed E-state index contributed by atoms with van der Waals surface area (Å²) in [6.45, 7) is 0.0161. The van der Waals surface area contributed by atoms with Crippen LogP contribution in [0.25, 0.3) is 6.08 Å². The average molecular weight is 437 g/mol. The van der Waals surface area contributed by atoms with Crippen LogP contribution >= 0.6 is 0 Å². The predicted molar refractivity (Wildman–Crippen MR) is 116 cm³/mol. The number of aromatic hydroxyl groups is 1. The van der Waals surface area contributed by atoms with Crippen LogP contribution in [0.1, 0.15) is 30.0 Å². The van der Waals surface area contributed by atoms with Gasteiger partial charge in [0.25, 0.3) is 5.91 Å². The van der Waals surface area contributed by atoms with Crippen molar-refractivity contribution in [1.82, 2.24) is 4.90 Å². The molecule has 1 atom stereocenters. The molecule has 1 unspecified atom stereocenters. The van der Waals surface area contributed by atoms with Crippen LogP contribution in [0.2, 0.25) is 0 Å². The largest absolute Gasteiger partial charge is 0.504 e. The molecule has 0 aliphatic carbocycles. The number of allylic oxidation sites excluding steroid dienone is 1. The SMILES string of the molecule is COc1cc(C2C(C(=O)/C=C/c3ccccc3)=C(O)C(=O)N2CCCC(=O)O)ccc1O. The van der Waals surface area contributed by atoms with Crippen molar-refractivity contribution >= 4 is 23.7 Å². The number of ether oxygens (including phenoxy) is 1. The predicted octanol–water partition coefficient (Wildman–Crippen LogP) is 3.24. The number of hydrogen-bond acceptors (Lipinski definition) is 6. The zero-order valence-corrected chi connectivity index (χ0v) is 17.4. The Bertz CT molecular complexity index is 1090. The number of aliphatic hydroxyl groups excluding tert-OH is 1. The van der Waals surface area contributed by atoms with E-state index in [9.17, 15) is 24.6 Å². The number of aliphatic carboxylic acids is 1. The molecular weight excluding hydrogens is 414 g/mol. The van der Waals surface area contributed by atoms with Gasteiger partial charge in [0, 0.05) is 13.0 Å². The van der Waals surface area contributed by atoms with Gasteiger partial charge in [0.05, 0.1) is 18.7 Å². The van der Waals surface area contributed by atoms with Crippen LogP contribution in [0.15, 0.2) is 65.9 Å². The highest BCUT2D eigenvalue weighted by molar-refractivity contribution is 6.14. The van der Waals surface area contributed by atoms with Gasteiger partial charge in [-0.15, -0.1) is 0 Å². The van der Waals surface area contributed by atoms with E-state index in [2.05, 4.69) is 0 Å². The fourth-order valence-electron chi connectivity index (χ4n) is 3.57. The molecule has 1 aliphatic heterocycles. The van der Waals surface area contributed by atoms with Crippen molar-refractivity contribution in [2.45, 2.75) is 18.9 Å². The quantitative estimate of drug-likeness (QED) is 0.514. The molecule has 8 heteroatoms. The van der Waals surface area contributed by atoms with Crippen LogP contribution in [-0.4, -0.2) is 51.5 Å². The molecule has 3 N–H and O–H groups in total. The van der Waals surface area contributed by atoms with E-state index in [1.165, 1.54) is 36.3 Å². The van der Waals surface area contributed by atoms with Crippen molar-refractivity contribution in [3.63, 3.8) is 0 Å². The molecule has 3 rings (SSSR count). The monoisotopic (exact) mass is 437 g/mol. The van der Waals surface area contributed by atoms with Crippen LogP contribution in [-0.2, 0) is 14.4 Å². The maximum atomic E-state index is 13.0. The second kappa shape index (κ2) is 9.82. The third-order valence-corrected chi connectivity index (χ3v) is 5.11. The Kier molecular flexibility index (Phi) is 6.94. The number of benzene rings is 2. The van der Waals surface area contributed by atoms with Crippen molar-refractivity contribution in [3.05, 3.63) is 77.1 Å². The number of nitrogens with zero attached hydrogens (tertiary/aromatic N) is 1. The van der Waals surface area contributed by atoms with Crippen LogP contribution in [0.3, 0.4) is 0 Å². The number of carbonyl (C=O) groups is 3. The van der Waals surface area contributed by atoms with Gasteiger partial charge in [0.1, 0.15) is 0 Å². The van der Waals surface area contributed by atoms with E-state index < -0.39 is 29.5 Å². The van der Waals surface area contributed by atoms with Gasteiger partial charge in [-0.25, -0.2) is 0 Å². The fourth-order valence-corrected chi connectivity index (χ4v) is 3.57. The van der Waals surface area contributed by atoms with Gasteiger partial charge in [-0.1, -0.05) is 42.5 Å². The summed E-state index contributed by atoms with van der Waals surface area (Å²) >= 11 is 0. The van der Waals surface area contributed by atoms with Gasteiger partial charge in [0.15, 0.2) is 23.0 Å². The summed E-state index contributed by atoms with van der Waals surface area (Å²) in [6, 6.07) is 12.5. The second-order valence-corrected chi connectivity index (χ2v) is 7.20. The summed E-state index contributed by atoms with van der Waals surface area (Å²) < 4.78 is 5.14. The van der Waals surface area contributed by atoms with Gasteiger partial charge in [-0.05, 0) is 35.8 Å². The van der Waals surface area contributed by atoms with E-state index in [0.717, 1.165) is 5.56 Å². The lowest BCUT2D eigenvalue weighted by molar-refractivity contribution is -0.138. The Labute approximate surface area is 184 Å². The summed E-state index contributed by atoms with van der Waals surface area (Å²) in [5, 5.41) is 29.4. The number of ketones is 1. The standard InChI is InChI=1S/C24H23NO7/c1-32-19-14-16(10-12-17(19)26)22-21(18(27)11-9-15-6-3-2-4-7-15)23(30)24(31)25(22)13-5-8-20(28)29/h2-4,6-7,9-12,14,22,26,30H,5,8,13H2,1H3,(H,28,29)/b11-9+. The maximum Gasteiger partial charge on any atom is 0.303 e. The van der Waals surface area contributed by atoms with E-state index in [-0.39, 0.29) is 36.5 Å². The number of carbonyl (C=O) groups excluding carboxylic acids is 2. The molecule has 166 valence electrons. The van der Waals surface area contributed by atoms with E-state index >= 15 is 0 Å². The molecule has 0 saturated heterocycles. The Morgan fingerprint density at radius 2 is 1.84 bits per heavy atom. The van der Waals surface area contributed by atoms with Gasteiger partial charge >= 0.3 is 5.97 Å². The lowest BCUT2D eigenvalue weighted by Crippen LogP contribution is -2.32. The molecule has 0 bridgehead atoms. The lowest BCUT2D eigenvalue weighted by Gasteiger charge is -2.26. The zero-order chi connectivity index (χ0) is 23.3. The van der Waals surface area contributed by atoms with Crippen molar-refractivity contribution in [1.29, 1.82) is 0 Å². The molecule has 0 spiro atoms. The molecule has 32 heavy (non-hydrogen) atoms. The molecule has 0 radical (unpaired) electrons. The first-order valence-electron chi connectivity index (χ1n) is 9.93. The van der Waals surface area contributed by atoms with Crippen LogP contribution < -0.4 is 4.74 Å². The molecule has 8 nitrogen and oxygen atoms in total. The third-order valence-electron chi connectivity index (χ3n) is 5.11. The smallest absolute Gasteiger partial charge is 0.303 e. The average Bonchev–Trinajstić information content (AvgIpc) is 3.03. The second-order valence-electron chi connectivity index (χ2n) is 7.20. The number of carboxylic acid groups (broad SMARTS) is 1. The van der Waals surface area contributed by atoms with Crippen LogP contribution in [0.4, 0.5) is 0 Å². The van der Waals surface area contributed by atoms with Gasteiger partial charge in [0.2, 0.25) is 0 Å². The Balaban J connectivity index is 2.00. The van der Waals surface area contributed by atoms with Gasteiger partial charge < -0.3 is 25.0 Å². The van der Waals surface area contributed by atoms with Crippen LogP contribution in [0.5, 0.6) is 11.5 Å². The van der Waals surface area contributed by atoms with E-state index in [0.29, 0.717) is 5.56 Å². The molecular formula is C24H23NO7. The number of amides is 1. The Morgan fingerprint density at radius 3 is 2.50 bits per heavy atom. The van der Waals surface area contributed by atoms with E-state index in [4.69, 9.17) is 9.84 Å². The van der Waals surface area contributed by atoms with Gasteiger partial charge in [-0.3, -0.25) is 14.4 Å². The number of phenols is 1. The molecule has 0 saturated carbocycles. The van der Waals surface area contributed by atoms with Crippen molar-refractivity contribution < 1.29 is 34.4 Å². The number of rotatable bonds is 9. The molecule has 1 heterocycles. The Hall–Kier alpha value is -4.07. The van der Waals surface area contributed by atoms with Crippen molar-refractivity contribution in [2.75, 3.05) is 13.7 Å². The highest BCUT2D eigenvalue weighted by Crippen LogP contribution is 2.40. The highest BCUT2D eigenvalue weighted by atomic mass is 16.5. The summed E-state index contributed by atoms with van der Waals surface area (Å²) in [7, 11) is 1.37. The minimum atomic E-state index is -1.02. The minimum Gasteiger partial charge on any atom is -0.504 e. The minimum absolute atomic E-state index is 0.0161. The first kappa shape index (κ1) is 22.6. The number of phenolic OH excluding ortho intramolecular Hbond substituents is 1. The molecule has 0 fully saturated rings. The molecule has 1 aliphatic rings. The maximum absolute atomic E-state index is 13.0. The third kappa shape index (κ3) is 4.80. The summed E-state index contributed by atoms with van der Waals surface area (Å²) in [4.78, 5) is 38.0. The number of aliphatic hydroxyl groups is 1. The molecule has 2 aromatic rings. The fraction of sp³-hybridized carbons (Fsp3) is 0.208. The highest BCUT2D eigenvalue weighted by Gasteiger charge is 2.42. The number of hydrogen-bond donors (Lipinski definition) is 3. The first-order valence-corrected chi connectivity index (χ1v) is 9.93.